The van der Waals surface area contributed by atoms with Gasteiger partial charge in [-0.3, -0.25) is 9.00 Å². The van der Waals surface area contributed by atoms with Crippen molar-refractivity contribution in [1.29, 1.82) is 0 Å². The van der Waals surface area contributed by atoms with Crippen LogP contribution in [0, 0.1) is 11.3 Å². The number of hydrogen-bond donors (Lipinski definition) is 2. The maximum Gasteiger partial charge on any atom is 0.226 e. The van der Waals surface area contributed by atoms with Gasteiger partial charge in [-0.25, -0.2) is 0 Å². The van der Waals surface area contributed by atoms with Crippen LogP contribution in [0.25, 0.3) is 0 Å². The molecule has 0 bridgehead atoms. The Balaban J connectivity index is 1.88. The zero-order chi connectivity index (χ0) is 13.9. The zero-order valence-electron chi connectivity index (χ0n) is 12.0. The molecule has 0 aromatic rings. The summed E-state index contributed by atoms with van der Waals surface area (Å²) < 4.78 is 11.3. The van der Waals surface area contributed by atoms with Gasteiger partial charge in [0, 0.05) is 33.8 Å². The zero-order valence-corrected chi connectivity index (χ0v) is 12.9. The predicted octanol–water partition coefficient (Wildman–Crippen LogP) is 1.04. The molecule has 2 N–H and O–H groups in total. The minimum absolute atomic E-state index is 0.166. The molecule has 0 aromatic heterocycles. The van der Waals surface area contributed by atoms with Crippen LogP contribution in [0.15, 0.2) is 0 Å². The van der Waals surface area contributed by atoms with E-state index >= 15 is 0 Å². The molecular weight excluding hydrogens is 260 g/mol. The Bertz CT molecular complexity index is 341. The number of carbonyl (C=O) groups excluding carboxylic acids is 1. The van der Waals surface area contributed by atoms with Crippen molar-refractivity contribution in [2.45, 2.75) is 45.6 Å². The van der Waals surface area contributed by atoms with E-state index in [9.17, 15) is 9.00 Å². The van der Waals surface area contributed by atoms with Crippen LogP contribution in [0.4, 0.5) is 0 Å². The Labute approximate surface area is 118 Å². The summed E-state index contributed by atoms with van der Waals surface area (Å²) in [6, 6.07) is 0.223. The maximum absolute atomic E-state index is 12.5. The summed E-state index contributed by atoms with van der Waals surface area (Å²) in [4.78, 5) is 12.5. The van der Waals surface area contributed by atoms with E-state index in [4.69, 9.17) is 0 Å². The van der Waals surface area contributed by atoms with Crippen LogP contribution in [-0.2, 0) is 15.6 Å². The average Bonchev–Trinajstić information content (AvgIpc) is 2.42. The molecule has 110 valence electrons. The van der Waals surface area contributed by atoms with Crippen LogP contribution in [0.3, 0.4) is 0 Å². The van der Waals surface area contributed by atoms with Gasteiger partial charge >= 0.3 is 0 Å². The smallest absolute Gasteiger partial charge is 0.226 e. The minimum atomic E-state index is -0.662. The minimum Gasteiger partial charge on any atom is -0.353 e. The third kappa shape index (κ3) is 3.78. The van der Waals surface area contributed by atoms with E-state index in [0.717, 1.165) is 50.3 Å². The Morgan fingerprint density at radius 3 is 2.53 bits per heavy atom. The molecule has 0 aromatic carbocycles. The number of nitrogens with one attached hydrogen (secondary N) is 2. The monoisotopic (exact) mass is 286 g/mol. The lowest BCUT2D eigenvalue weighted by atomic mass is 9.74. The molecule has 2 heterocycles. The molecule has 2 aliphatic rings. The first-order valence-corrected chi connectivity index (χ1v) is 8.85. The first-order valence-electron chi connectivity index (χ1n) is 7.37. The lowest BCUT2D eigenvalue weighted by Gasteiger charge is -2.37. The fraction of sp³-hybridized carbons (Fsp3) is 0.929. The molecule has 1 unspecified atom stereocenters. The summed E-state index contributed by atoms with van der Waals surface area (Å²) in [6.45, 7) is 6.12. The van der Waals surface area contributed by atoms with Crippen LogP contribution in [0.1, 0.15) is 39.5 Å². The third-order valence-electron chi connectivity index (χ3n) is 4.63. The van der Waals surface area contributed by atoms with Crippen molar-refractivity contribution in [3.8, 4) is 0 Å². The second-order valence-corrected chi connectivity index (χ2v) is 8.06. The van der Waals surface area contributed by atoms with Crippen molar-refractivity contribution in [3.05, 3.63) is 0 Å². The molecule has 5 heteroatoms. The van der Waals surface area contributed by atoms with E-state index in [2.05, 4.69) is 24.5 Å². The van der Waals surface area contributed by atoms with Gasteiger partial charge in [0.25, 0.3) is 0 Å². The van der Waals surface area contributed by atoms with Gasteiger partial charge in [-0.2, -0.15) is 0 Å². The fourth-order valence-electron chi connectivity index (χ4n) is 2.96. The van der Waals surface area contributed by atoms with Gasteiger partial charge < -0.3 is 10.6 Å². The molecule has 1 atom stereocenters. The molecule has 4 nitrogen and oxygen atoms in total. The van der Waals surface area contributed by atoms with E-state index in [1.807, 2.05) is 0 Å². The van der Waals surface area contributed by atoms with Gasteiger partial charge in [0.15, 0.2) is 0 Å². The lowest BCUT2D eigenvalue weighted by Crippen LogP contribution is -2.50. The molecule has 1 amide bonds. The highest BCUT2D eigenvalue weighted by Crippen LogP contribution is 2.32. The van der Waals surface area contributed by atoms with Crippen molar-refractivity contribution < 1.29 is 9.00 Å². The topological polar surface area (TPSA) is 58.2 Å². The summed E-state index contributed by atoms with van der Waals surface area (Å²) in [5, 5.41) is 6.56. The largest absolute Gasteiger partial charge is 0.353 e. The number of carbonyl (C=O) groups is 1. The van der Waals surface area contributed by atoms with Gasteiger partial charge in [-0.05, 0) is 44.7 Å². The van der Waals surface area contributed by atoms with Crippen molar-refractivity contribution in [2.75, 3.05) is 24.6 Å². The number of piperidine rings is 1. The highest BCUT2D eigenvalue weighted by atomic mass is 32.2. The van der Waals surface area contributed by atoms with Gasteiger partial charge in [0.05, 0.1) is 0 Å². The maximum atomic E-state index is 12.5. The Morgan fingerprint density at radius 2 is 1.95 bits per heavy atom. The summed E-state index contributed by atoms with van der Waals surface area (Å²) in [5.74, 6) is 2.05. The highest BCUT2D eigenvalue weighted by molar-refractivity contribution is 7.85. The molecular formula is C14H26N2O2S. The molecule has 0 radical (unpaired) electrons. The summed E-state index contributed by atoms with van der Waals surface area (Å²) >= 11 is 0. The van der Waals surface area contributed by atoms with E-state index in [1.165, 1.54) is 0 Å². The molecule has 2 rings (SSSR count). The summed E-state index contributed by atoms with van der Waals surface area (Å²) in [5.41, 5.74) is -0.315. The van der Waals surface area contributed by atoms with Crippen LogP contribution >= 0.6 is 0 Å². The fourth-order valence-corrected chi connectivity index (χ4v) is 4.26. The SMILES string of the molecule is CC(C)(C(=O)NC1CCS(=O)CC1)C1CCCNC1. The van der Waals surface area contributed by atoms with Crippen molar-refractivity contribution in [2.24, 2.45) is 11.3 Å². The number of amides is 1. The first kappa shape index (κ1) is 15.0. The van der Waals surface area contributed by atoms with Crippen LogP contribution in [-0.4, -0.2) is 40.8 Å². The highest BCUT2D eigenvalue weighted by Gasteiger charge is 2.38. The second-order valence-electron chi connectivity index (χ2n) is 6.36. The van der Waals surface area contributed by atoms with Gasteiger partial charge in [-0.1, -0.05) is 13.8 Å². The first-order chi connectivity index (χ1) is 9.00. The summed E-state index contributed by atoms with van der Waals surface area (Å²) in [7, 11) is -0.662. The number of hydrogen-bond acceptors (Lipinski definition) is 3. The molecule has 2 fully saturated rings. The number of rotatable bonds is 3. The Morgan fingerprint density at radius 1 is 1.26 bits per heavy atom. The molecule has 2 aliphatic heterocycles. The molecule has 0 aliphatic carbocycles. The van der Waals surface area contributed by atoms with E-state index in [1.54, 1.807) is 0 Å². The van der Waals surface area contributed by atoms with E-state index in [-0.39, 0.29) is 17.4 Å². The lowest BCUT2D eigenvalue weighted by molar-refractivity contribution is -0.133. The third-order valence-corrected chi connectivity index (χ3v) is 6.01. The second kappa shape index (κ2) is 6.35. The van der Waals surface area contributed by atoms with Gasteiger partial charge in [-0.15, -0.1) is 0 Å². The normalized spacial score (nSPS) is 32.8. The van der Waals surface area contributed by atoms with Crippen molar-refractivity contribution in [1.82, 2.24) is 10.6 Å². The van der Waals surface area contributed by atoms with Crippen LogP contribution in [0.5, 0.6) is 0 Å². The molecule has 2 saturated heterocycles. The average molecular weight is 286 g/mol. The Kier molecular flexibility index (Phi) is 5.01. The standard InChI is InChI=1S/C14H26N2O2S/c1-14(2,11-4-3-7-15-10-11)13(17)16-12-5-8-19(18)9-6-12/h11-12,15H,3-10H2,1-2H3,(H,16,17). The van der Waals surface area contributed by atoms with Crippen molar-refractivity contribution in [3.63, 3.8) is 0 Å². The van der Waals surface area contributed by atoms with Crippen LogP contribution in [0.2, 0.25) is 0 Å². The quantitative estimate of drug-likeness (QED) is 0.815. The molecule has 19 heavy (non-hydrogen) atoms. The van der Waals surface area contributed by atoms with Crippen molar-refractivity contribution >= 4 is 16.7 Å². The van der Waals surface area contributed by atoms with Crippen LogP contribution < -0.4 is 10.6 Å². The summed E-state index contributed by atoms with van der Waals surface area (Å²) in [6.07, 6.45) is 4.00. The van der Waals surface area contributed by atoms with Gasteiger partial charge in [0.2, 0.25) is 5.91 Å². The molecule has 0 spiro atoms. The van der Waals surface area contributed by atoms with E-state index < -0.39 is 10.8 Å². The predicted molar refractivity (Wildman–Crippen MR) is 78.4 cm³/mol. The molecule has 0 saturated carbocycles. The van der Waals surface area contributed by atoms with E-state index in [0.29, 0.717) is 5.92 Å². The van der Waals surface area contributed by atoms with Gasteiger partial charge in [0.1, 0.15) is 0 Å². The Hall–Kier alpha value is -0.420.